The fourth-order valence-electron chi connectivity index (χ4n) is 1.52. The van der Waals surface area contributed by atoms with Crippen molar-refractivity contribution in [3.05, 3.63) is 12.7 Å². The van der Waals surface area contributed by atoms with Crippen molar-refractivity contribution < 1.29 is 14.7 Å². The summed E-state index contributed by atoms with van der Waals surface area (Å²) in [5, 5.41) is 8.97. The van der Waals surface area contributed by atoms with Crippen molar-refractivity contribution in [2.75, 3.05) is 24.7 Å². The van der Waals surface area contributed by atoms with Crippen molar-refractivity contribution in [3.63, 3.8) is 0 Å². The average Bonchev–Trinajstić information content (AvgIpc) is 2.73. The summed E-state index contributed by atoms with van der Waals surface area (Å²) in [6.07, 6.45) is 1.64. The lowest BCUT2D eigenvalue weighted by molar-refractivity contribution is -0.140. The van der Waals surface area contributed by atoms with Crippen LogP contribution in [0.4, 0.5) is 4.79 Å². The molecule has 1 atom stereocenters. The van der Waals surface area contributed by atoms with Gasteiger partial charge in [-0.3, -0.25) is 0 Å². The minimum Gasteiger partial charge on any atom is -0.480 e. The molecule has 1 heterocycles. The zero-order valence-corrected chi connectivity index (χ0v) is 10.1. The lowest BCUT2D eigenvalue weighted by Gasteiger charge is -2.28. The summed E-state index contributed by atoms with van der Waals surface area (Å²) >= 11 is 1.46. The standard InChI is InChI=1S/C10H16N2O3S/c1-3-5-11(4-2)10(15)12-7-16-6-8(12)9(13)14/h3,8H,1,4-7H2,2H3,(H,13,14)/t8-/m0/s1. The molecule has 0 aromatic heterocycles. The van der Waals surface area contributed by atoms with Crippen LogP contribution >= 0.6 is 11.8 Å². The number of urea groups is 1. The predicted molar refractivity (Wildman–Crippen MR) is 63.4 cm³/mol. The largest absolute Gasteiger partial charge is 0.480 e. The Balaban J connectivity index is 2.71. The third-order valence-electron chi connectivity index (χ3n) is 2.41. The first-order valence-corrected chi connectivity index (χ1v) is 6.24. The van der Waals surface area contributed by atoms with Crippen molar-refractivity contribution in [1.82, 2.24) is 9.80 Å². The van der Waals surface area contributed by atoms with Gasteiger partial charge in [0.15, 0.2) is 0 Å². The molecular formula is C10H16N2O3S. The quantitative estimate of drug-likeness (QED) is 0.752. The van der Waals surface area contributed by atoms with E-state index in [1.807, 2.05) is 6.92 Å². The number of carboxylic acid groups (broad SMARTS) is 1. The van der Waals surface area contributed by atoms with Crippen LogP contribution in [0.5, 0.6) is 0 Å². The Morgan fingerprint density at radius 1 is 1.69 bits per heavy atom. The molecule has 1 N–H and O–H groups in total. The van der Waals surface area contributed by atoms with E-state index in [9.17, 15) is 9.59 Å². The SMILES string of the molecule is C=CCN(CC)C(=O)N1CSC[C@H]1C(=O)O. The van der Waals surface area contributed by atoms with Gasteiger partial charge in [0.05, 0.1) is 5.88 Å². The highest BCUT2D eigenvalue weighted by atomic mass is 32.2. The number of aliphatic carboxylic acids is 1. The molecule has 16 heavy (non-hydrogen) atoms. The highest BCUT2D eigenvalue weighted by molar-refractivity contribution is 7.99. The summed E-state index contributed by atoms with van der Waals surface area (Å²) in [5.41, 5.74) is 0. The first-order chi connectivity index (χ1) is 7.61. The second-order valence-electron chi connectivity index (χ2n) is 3.43. The number of carbonyl (C=O) groups is 2. The molecule has 0 spiro atoms. The Labute approximate surface area is 99.1 Å². The normalized spacial score (nSPS) is 19.6. The number of hydrogen-bond acceptors (Lipinski definition) is 3. The van der Waals surface area contributed by atoms with Crippen LogP contribution in [0.1, 0.15) is 6.92 Å². The zero-order chi connectivity index (χ0) is 12.1. The number of hydrogen-bond donors (Lipinski definition) is 1. The van der Waals surface area contributed by atoms with Gasteiger partial charge < -0.3 is 14.9 Å². The van der Waals surface area contributed by atoms with Gasteiger partial charge in [0.25, 0.3) is 0 Å². The molecule has 1 saturated heterocycles. The van der Waals surface area contributed by atoms with Gasteiger partial charge in [0.1, 0.15) is 6.04 Å². The molecule has 1 rings (SSSR count). The van der Waals surface area contributed by atoms with Crippen LogP contribution in [-0.4, -0.2) is 57.7 Å². The van der Waals surface area contributed by atoms with Crippen LogP contribution in [-0.2, 0) is 4.79 Å². The number of nitrogens with zero attached hydrogens (tertiary/aromatic N) is 2. The Morgan fingerprint density at radius 3 is 2.88 bits per heavy atom. The average molecular weight is 244 g/mol. The molecule has 1 aliphatic heterocycles. The predicted octanol–water partition coefficient (Wildman–Crippen LogP) is 1.07. The maximum Gasteiger partial charge on any atom is 0.327 e. The highest BCUT2D eigenvalue weighted by Crippen LogP contribution is 2.22. The Hall–Kier alpha value is -1.17. The lowest BCUT2D eigenvalue weighted by Crippen LogP contribution is -2.48. The van der Waals surface area contributed by atoms with Crippen molar-refractivity contribution in [3.8, 4) is 0 Å². The van der Waals surface area contributed by atoms with Crippen LogP contribution < -0.4 is 0 Å². The third kappa shape index (κ3) is 2.69. The number of carbonyl (C=O) groups excluding carboxylic acids is 1. The zero-order valence-electron chi connectivity index (χ0n) is 9.26. The molecule has 0 radical (unpaired) electrons. The van der Waals surface area contributed by atoms with E-state index in [-0.39, 0.29) is 6.03 Å². The number of rotatable bonds is 4. The summed E-state index contributed by atoms with van der Waals surface area (Å²) in [6, 6.07) is -0.920. The molecule has 1 aliphatic rings. The van der Waals surface area contributed by atoms with Crippen LogP contribution in [0.15, 0.2) is 12.7 Å². The molecule has 0 saturated carbocycles. The van der Waals surface area contributed by atoms with Gasteiger partial charge in [-0.1, -0.05) is 6.08 Å². The van der Waals surface area contributed by atoms with E-state index in [2.05, 4.69) is 6.58 Å². The molecule has 0 aromatic carbocycles. The van der Waals surface area contributed by atoms with E-state index >= 15 is 0 Å². The molecule has 0 aromatic rings. The van der Waals surface area contributed by atoms with Gasteiger partial charge >= 0.3 is 12.0 Å². The van der Waals surface area contributed by atoms with E-state index < -0.39 is 12.0 Å². The minimum atomic E-state index is -0.937. The first-order valence-electron chi connectivity index (χ1n) is 5.08. The Bertz CT molecular complexity index is 296. The number of likely N-dealkylation sites (N-methyl/N-ethyl adjacent to an activating group) is 1. The molecule has 90 valence electrons. The van der Waals surface area contributed by atoms with Crippen LogP contribution in [0, 0.1) is 0 Å². The van der Waals surface area contributed by atoms with Crippen molar-refractivity contribution >= 4 is 23.8 Å². The van der Waals surface area contributed by atoms with E-state index in [1.165, 1.54) is 16.7 Å². The minimum absolute atomic E-state index is 0.222. The van der Waals surface area contributed by atoms with Gasteiger partial charge in [-0.05, 0) is 6.92 Å². The molecule has 1 fully saturated rings. The molecular weight excluding hydrogens is 228 g/mol. The molecule has 6 heteroatoms. The van der Waals surface area contributed by atoms with E-state index in [1.54, 1.807) is 11.0 Å². The second kappa shape index (κ2) is 5.79. The highest BCUT2D eigenvalue weighted by Gasteiger charge is 2.36. The van der Waals surface area contributed by atoms with E-state index in [0.29, 0.717) is 24.7 Å². The monoisotopic (exact) mass is 244 g/mol. The summed E-state index contributed by atoms with van der Waals surface area (Å²) < 4.78 is 0. The maximum atomic E-state index is 12.0. The molecule has 2 amide bonds. The Kier molecular flexibility index (Phi) is 4.67. The maximum absolute atomic E-state index is 12.0. The fraction of sp³-hybridized carbons (Fsp3) is 0.600. The van der Waals surface area contributed by atoms with Crippen molar-refractivity contribution in [2.24, 2.45) is 0 Å². The summed E-state index contributed by atoms with van der Waals surface area (Å²) in [6.45, 7) is 6.44. The smallest absolute Gasteiger partial charge is 0.327 e. The van der Waals surface area contributed by atoms with Crippen LogP contribution in [0.25, 0.3) is 0 Å². The third-order valence-corrected chi connectivity index (χ3v) is 3.43. The lowest BCUT2D eigenvalue weighted by atomic mass is 10.3. The fourth-order valence-corrected chi connectivity index (χ4v) is 2.65. The Morgan fingerprint density at radius 2 is 2.38 bits per heavy atom. The molecule has 0 unspecified atom stereocenters. The van der Waals surface area contributed by atoms with Crippen molar-refractivity contribution in [2.45, 2.75) is 13.0 Å². The van der Waals surface area contributed by atoms with Gasteiger partial charge in [-0.25, -0.2) is 9.59 Å². The molecule has 0 aliphatic carbocycles. The number of amides is 2. The van der Waals surface area contributed by atoms with Gasteiger partial charge in [0, 0.05) is 18.8 Å². The van der Waals surface area contributed by atoms with Gasteiger partial charge in [-0.15, -0.1) is 18.3 Å². The van der Waals surface area contributed by atoms with Gasteiger partial charge in [0.2, 0.25) is 0 Å². The summed E-state index contributed by atoms with van der Waals surface area (Å²) in [4.78, 5) is 25.9. The van der Waals surface area contributed by atoms with E-state index in [0.717, 1.165) is 0 Å². The molecule has 5 nitrogen and oxygen atoms in total. The van der Waals surface area contributed by atoms with Crippen molar-refractivity contribution in [1.29, 1.82) is 0 Å². The number of carboxylic acids is 1. The summed E-state index contributed by atoms with van der Waals surface area (Å²) in [5.74, 6) is -0.0242. The van der Waals surface area contributed by atoms with Gasteiger partial charge in [-0.2, -0.15) is 0 Å². The van der Waals surface area contributed by atoms with Crippen LogP contribution in [0.2, 0.25) is 0 Å². The van der Waals surface area contributed by atoms with Crippen LogP contribution in [0.3, 0.4) is 0 Å². The summed E-state index contributed by atoms with van der Waals surface area (Å²) in [7, 11) is 0. The molecule has 0 bridgehead atoms. The second-order valence-corrected chi connectivity index (χ2v) is 4.43. The van der Waals surface area contributed by atoms with E-state index in [4.69, 9.17) is 5.11 Å². The first kappa shape index (κ1) is 12.9. The number of thioether (sulfide) groups is 1. The topological polar surface area (TPSA) is 60.9 Å².